The molecule has 0 unspecified atom stereocenters. The first-order valence-corrected chi connectivity index (χ1v) is 6.81. The minimum atomic E-state index is 0.345. The van der Waals surface area contributed by atoms with Gasteiger partial charge in [-0.2, -0.15) is 0 Å². The van der Waals surface area contributed by atoms with Crippen LogP contribution in [0.4, 0.5) is 17.5 Å². The van der Waals surface area contributed by atoms with Crippen molar-refractivity contribution in [3.63, 3.8) is 0 Å². The molecule has 0 aromatic carbocycles. The predicted octanol–water partition coefficient (Wildman–Crippen LogP) is 2.02. The Hall–Kier alpha value is -1.73. The van der Waals surface area contributed by atoms with Crippen molar-refractivity contribution >= 4 is 40.8 Å². The highest BCUT2D eigenvalue weighted by Gasteiger charge is 2.07. The van der Waals surface area contributed by atoms with Crippen LogP contribution in [0.3, 0.4) is 0 Å². The van der Waals surface area contributed by atoms with Crippen molar-refractivity contribution < 1.29 is 0 Å². The number of nitrogens with two attached hydrogens (primary N) is 2. The van der Waals surface area contributed by atoms with Crippen molar-refractivity contribution in [2.45, 2.75) is 10.9 Å². The second kappa shape index (κ2) is 5.94. The maximum absolute atomic E-state index is 6.09. The van der Waals surface area contributed by atoms with E-state index in [2.05, 4.69) is 20.3 Å². The molecule has 0 saturated carbocycles. The highest BCUT2D eigenvalue weighted by molar-refractivity contribution is 7.98. The lowest BCUT2D eigenvalue weighted by molar-refractivity contribution is 0.982. The average Bonchev–Trinajstić information content (AvgIpc) is 2.37. The normalized spacial score (nSPS) is 10.4. The number of halogens is 1. The molecule has 0 amide bonds. The number of hydrogen-bond donors (Lipinski definition) is 3. The molecule has 0 bridgehead atoms. The van der Waals surface area contributed by atoms with Crippen LogP contribution in [0.15, 0.2) is 23.4 Å². The van der Waals surface area contributed by atoms with Crippen LogP contribution in [-0.4, -0.2) is 22.0 Å². The number of pyridine rings is 1. The lowest BCUT2D eigenvalue weighted by Gasteiger charge is -2.06. The molecule has 19 heavy (non-hydrogen) atoms. The molecule has 8 heteroatoms. The van der Waals surface area contributed by atoms with Crippen molar-refractivity contribution in [2.24, 2.45) is 0 Å². The molecule has 2 rings (SSSR count). The minimum absolute atomic E-state index is 0.345. The van der Waals surface area contributed by atoms with Crippen molar-refractivity contribution in [2.75, 3.05) is 23.8 Å². The quantitative estimate of drug-likeness (QED) is 0.586. The summed E-state index contributed by atoms with van der Waals surface area (Å²) in [6.07, 6.45) is 0. The van der Waals surface area contributed by atoms with Crippen molar-refractivity contribution in [1.29, 1.82) is 0 Å². The summed E-state index contributed by atoms with van der Waals surface area (Å²) < 4.78 is 0. The monoisotopic (exact) mass is 296 g/mol. The number of nitrogen functional groups attached to an aromatic ring is 2. The average molecular weight is 297 g/mol. The van der Waals surface area contributed by atoms with Gasteiger partial charge in [-0.15, -0.1) is 0 Å². The first kappa shape index (κ1) is 13.7. The maximum Gasteiger partial charge on any atom is 0.191 e. The van der Waals surface area contributed by atoms with Gasteiger partial charge < -0.3 is 16.8 Å². The van der Waals surface area contributed by atoms with E-state index in [-0.39, 0.29) is 0 Å². The largest absolute Gasteiger partial charge is 0.383 e. The summed E-state index contributed by atoms with van der Waals surface area (Å²) in [6, 6.07) is 5.12. The third-order valence-corrected chi connectivity index (χ3v) is 3.46. The van der Waals surface area contributed by atoms with Gasteiger partial charge in [0.1, 0.15) is 17.5 Å². The van der Waals surface area contributed by atoms with E-state index in [1.165, 1.54) is 17.8 Å². The standard InChI is InChI=1S/C11H13ClN6S/c1-15-10-3-2-6(12)7(16-10)5-19-11-17-8(13)4-9(14)18-11/h2-4H,5H2,1H3,(H,15,16)(H4,13,14,17,18). The molecule has 2 heterocycles. The number of nitrogens with zero attached hydrogens (tertiary/aromatic N) is 3. The van der Waals surface area contributed by atoms with Gasteiger partial charge in [-0.3, -0.25) is 0 Å². The van der Waals surface area contributed by atoms with Crippen molar-refractivity contribution in [3.05, 3.63) is 28.9 Å². The smallest absolute Gasteiger partial charge is 0.191 e. The Morgan fingerprint density at radius 2 is 1.89 bits per heavy atom. The van der Waals surface area contributed by atoms with Crippen LogP contribution in [-0.2, 0) is 5.75 Å². The van der Waals surface area contributed by atoms with Crippen LogP contribution in [0, 0.1) is 0 Å². The topological polar surface area (TPSA) is 103 Å². The highest BCUT2D eigenvalue weighted by Crippen LogP contribution is 2.25. The molecule has 2 aromatic heterocycles. The zero-order valence-corrected chi connectivity index (χ0v) is 11.8. The summed E-state index contributed by atoms with van der Waals surface area (Å²) in [5.74, 6) is 1.99. The van der Waals surface area contributed by atoms with E-state index >= 15 is 0 Å². The Kier molecular flexibility index (Phi) is 4.28. The molecule has 0 spiro atoms. The molecular weight excluding hydrogens is 284 g/mol. The first-order valence-electron chi connectivity index (χ1n) is 5.44. The fourth-order valence-corrected chi connectivity index (χ4v) is 2.46. The molecule has 5 N–H and O–H groups in total. The van der Waals surface area contributed by atoms with Crippen molar-refractivity contribution in [1.82, 2.24) is 15.0 Å². The molecule has 0 aliphatic heterocycles. The fourth-order valence-electron chi connectivity index (χ4n) is 1.38. The second-order valence-electron chi connectivity index (χ2n) is 3.66. The third kappa shape index (κ3) is 3.62. The van der Waals surface area contributed by atoms with Crippen LogP contribution in [0.2, 0.25) is 5.02 Å². The lowest BCUT2D eigenvalue weighted by Crippen LogP contribution is -2.00. The highest BCUT2D eigenvalue weighted by atomic mass is 35.5. The van der Waals surface area contributed by atoms with Crippen LogP contribution in [0.5, 0.6) is 0 Å². The molecule has 0 saturated heterocycles. The number of hydrogen-bond acceptors (Lipinski definition) is 7. The van der Waals surface area contributed by atoms with Gasteiger partial charge in [0.2, 0.25) is 0 Å². The molecule has 100 valence electrons. The number of anilines is 3. The molecular formula is C11H13ClN6S. The van der Waals surface area contributed by atoms with E-state index in [0.717, 1.165) is 11.5 Å². The zero-order chi connectivity index (χ0) is 13.8. The van der Waals surface area contributed by atoms with Gasteiger partial charge in [0.25, 0.3) is 0 Å². The molecule has 0 aliphatic rings. The van der Waals surface area contributed by atoms with E-state index in [1.807, 2.05) is 6.07 Å². The number of aromatic nitrogens is 3. The van der Waals surface area contributed by atoms with E-state index in [9.17, 15) is 0 Å². The lowest BCUT2D eigenvalue weighted by atomic mass is 10.3. The van der Waals surface area contributed by atoms with Crippen LogP contribution >= 0.6 is 23.4 Å². The third-order valence-electron chi connectivity index (χ3n) is 2.26. The van der Waals surface area contributed by atoms with Crippen molar-refractivity contribution in [3.8, 4) is 0 Å². The van der Waals surface area contributed by atoms with Gasteiger partial charge in [-0.1, -0.05) is 23.4 Å². The second-order valence-corrected chi connectivity index (χ2v) is 5.01. The van der Waals surface area contributed by atoms with E-state index in [0.29, 0.717) is 27.6 Å². The van der Waals surface area contributed by atoms with Gasteiger partial charge in [0.15, 0.2) is 5.16 Å². The van der Waals surface area contributed by atoms with Gasteiger partial charge in [0.05, 0.1) is 10.7 Å². The van der Waals surface area contributed by atoms with E-state index in [4.69, 9.17) is 23.1 Å². The molecule has 2 aromatic rings. The van der Waals surface area contributed by atoms with Gasteiger partial charge in [0, 0.05) is 18.9 Å². The number of rotatable bonds is 4. The summed E-state index contributed by atoms with van der Waals surface area (Å²) in [7, 11) is 1.80. The van der Waals surface area contributed by atoms with Gasteiger partial charge in [-0.05, 0) is 12.1 Å². The molecule has 0 radical (unpaired) electrons. The summed E-state index contributed by atoms with van der Waals surface area (Å²) >= 11 is 7.47. The summed E-state index contributed by atoms with van der Waals surface area (Å²) in [5.41, 5.74) is 12.0. The van der Waals surface area contributed by atoms with Crippen LogP contribution in [0.25, 0.3) is 0 Å². The van der Waals surface area contributed by atoms with Crippen LogP contribution < -0.4 is 16.8 Å². The maximum atomic E-state index is 6.09. The van der Waals surface area contributed by atoms with E-state index < -0.39 is 0 Å². The first-order chi connectivity index (χ1) is 9.08. The molecule has 0 aliphatic carbocycles. The zero-order valence-electron chi connectivity index (χ0n) is 10.2. The predicted molar refractivity (Wildman–Crippen MR) is 79.2 cm³/mol. The SMILES string of the molecule is CNc1ccc(Cl)c(CSc2nc(N)cc(N)n2)n1. The fraction of sp³-hybridized carbons (Fsp3) is 0.182. The van der Waals surface area contributed by atoms with Crippen LogP contribution in [0.1, 0.15) is 5.69 Å². The summed E-state index contributed by atoms with van der Waals surface area (Å²) in [6.45, 7) is 0. The number of thioether (sulfide) groups is 1. The molecule has 6 nitrogen and oxygen atoms in total. The van der Waals surface area contributed by atoms with E-state index in [1.54, 1.807) is 13.1 Å². The molecule has 0 fully saturated rings. The Labute approximate surface area is 120 Å². The molecule has 0 atom stereocenters. The summed E-state index contributed by atoms with van der Waals surface area (Å²) in [4.78, 5) is 12.5. The van der Waals surface area contributed by atoms with Gasteiger partial charge >= 0.3 is 0 Å². The Bertz CT molecular complexity index is 571. The van der Waals surface area contributed by atoms with Gasteiger partial charge in [-0.25, -0.2) is 15.0 Å². The number of nitrogens with one attached hydrogen (secondary N) is 1. The minimum Gasteiger partial charge on any atom is -0.383 e. The Morgan fingerprint density at radius 1 is 1.21 bits per heavy atom. The Balaban J connectivity index is 2.13. The summed E-state index contributed by atoms with van der Waals surface area (Å²) in [5, 5.41) is 4.07. The Morgan fingerprint density at radius 3 is 2.53 bits per heavy atom.